The molecule has 0 unspecified atom stereocenters. The molecule has 0 saturated heterocycles. The Balaban J connectivity index is 1.80. The predicted octanol–water partition coefficient (Wildman–Crippen LogP) is 5.28. The number of hydrogen-bond acceptors (Lipinski definition) is 2. The van der Waals surface area contributed by atoms with Crippen LogP contribution in [0.1, 0.15) is 59.2 Å². The van der Waals surface area contributed by atoms with Crippen molar-refractivity contribution in [2.24, 2.45) is 0 Å². The zero-order valence-electron chi connectivity index (χ0n) is 15.9. The summed E-state index contributed by atoms with van der Waals surface area (Å²) < 4.78 is 0. The first-order valence-electron chi connectivity index (χ1n) is 9.42. The Morgan fingerprint density at radius 3 is 2.24 bits per heavy atom. The number of ketones is 1. The summed E-state index contributed by atoms with van der Waals surface area (Å²) in [6, 6.07) is 15.8. The summed E-state index contributed by atoms with van der Waals surface area (Å²) in [5.41, 5.74) is 4.00. The lowest BCUT2D eigenvalue weighted by molar-refractivity contribution is 0.103. The number of nitrogens with zero attached hydrogens (tertiary/aromatic N) is 1. The van der Waals surface area contributed by atoms with Crippen molar-refractivity contribution in [3.63, 3.8) is 0 Å². The first-order valence-corrected chi connectivity index (χ1v) is 9.42. The van der Waals surface area contributed by atoms with Crippen LogP contribution in [0.15, 0.2) is 48.5 Å². The second-order valence-electron chi connectivity index (χ2n) is 7.17. The van der Waals surface area contributed by atoms with Crippen LogP contribution < -0.4 is 0 Å². The van der Waals surface area contributed by atoms with E-state index in [4.69, 9.17) is 0 Å². The number of hydrogen-bond donors (Lipinski definition) is 0. The van der Waals surface area contributed by atoms with Crippen LogP contribution in [0.25, 0.3) is 0 Å². The van der Waals surface area contributed by atoms with E-state index in [0.29, 0.717) is 0 Å². The molecule has 2 heteroatoms. The molecule has 134 valence electrons. The minimum Gasteiger partial charge on any atom is -0.309 e. The summed E-state index contributed by atoms with van der Waals surface area (Å²) in [4.78, 5) is 14.8. The zero-order chi connectivity index (χ0) is 18.1. The van der Waals surface area contributed by atoms with Crippen molar-refractivity contribution in [1.29, 1.82) is 0 Å². The first kappa shape index (κ1) is 19.4. The molecule has 0 aromatic heterocycles. The molecule has 2 rings (SSSR count). The lowest BCUT2D eigenvalue weighted by Crippen LogP contribution is -2.12. The van der Waals surface area contributed by atoms with Gasteiger partial charge < -0.3 is 4.90 Å². The Morgan fingerprint density at radius 2 is 1.56 bits per heavy atom. The number of benzene rings is 2. The molecular weight excluding hydrogens is 306 g/mol. The van der Waals surface area contributed by atoms with E-state index in [9.17, 15) is 4.79 Å². The Bertz CT molecular complexity index is 661. The van der Waals surface area contributed by atoms with E-state index in [1.54, 1.807) is 0 Å². The van der Waals surface area contributed by atoms with Crippen molar-refractivity contribution in [2.75, 3.05) is 20.6 Å². The van der Waals surface area contributed by atoms with Crippen LogP contribution in [0.3, 0.4) is 0 Å². The normalized spacial score (nSPS) is 11.0. The number of aryl methyl sites for hydroxylation is 2. The topological polar surface area (TPSA) is 20.3 Å². The molecule has 0 radical (unpaired) electrons. The lowest BCUT2D eigenvalue weighted by atomic mass is 9.95. The Hall–Kier alpha value is -1.93. The second kappa shape index (κ2) is 10.1. The van der Waals surface area contributed by atoms with E-state index in [0.717, 1.165) is 23.1 Å². The van der Waals surface area contributed by atoms with Crippen LogP contribution in [0.5, 0.6) is 0 Å². The van der Waals surface area contributed by atoms with Gasteiger partial charge in [-0.1, -0.05) is 67.8 Å². The highest BCUT2D eigenvalue weighted by Gasteiger charge is 2.11. The Kier molecular flexibility index (Phi) is 7.87. The third kappa shape index (κ3) is 6.47. The van der Waals surface area contributed by atoms with Gasteiger partial charge in [-0.2, -0.15) is 0 Å². The van der Waals surface area contributed by atoms with Gasteiger partial charge in [-0.05, 0) is 58.0 Å². The summed E-state index contributed by atoms with van der Waals surface area (Å²) >= 11 is 0. The van der Waals surface area contributed by atoms with E-state index < -0.39 is 0 Å². The van der Waals surface area contributed by atoms with Gasteiger partial charge in [0.1, 0.15) is 0 Å². The van der Waals surface area contributed by atoms with Crippen molar-refractivity contribution < 1.29 is 4.79 Å². The van der Waals surface area contributed by atoms with Crippen molar-refractivity contribution in [3.8, 4) is 0 Å². The van der Waals surface area contributed by atoms with Gasteiger partial charge in [0, 0.05) is 11.1 Å². The molecular formula is C23H31NO. The summed E-state index contributed by atoms with van der Waals surface area (Å²) in [7, 11) is 4.27. The molecule has 0 amide bonds. The van der Waals surface area contributed by atoms with Gasteiger partial charge in [0.05, 0.1) is 0 Å². The maximum Gasteiger partial charge on any atom is 0.193 e. The number of carbonyl (C=O) groups excluding carboxylic acids is 1. The summed E-state index contributed by atoms with van der Waals surface area (Å²) in [6.45, 7) is 3.23. The Labute approximate surface area is 152 Å². The zero-order valence-corrected chi connectivity index (χ0v) is 15.9. The first-order chi connectivity index (χ1) is 12.1. The van der Waals surface area contributed by atoms with Crippen LogP contribution in [0.4, 0.5) is 0 Å². The molecule has 0 spiro atoms. The second-order valence-corrected chi connectivity index (χ2v) is 7.17. The molecule has 0 aliphatic carbocycles. The van der Waals surface area contributed by atoms with Crippen molar-refractivity contribution in [2.45, 2.75) is 45.4 Å². The van der Waals surface area contributed by atoms with E-state index in [-0.39, 0.29) is 5.78 Å². The van der Waals surface area contributed by atoms with Crippen molar-refractivity contribution in [3.05, 3.63) is 70.8 Å². The largest absolute Gasteiger partial charge is 0.309 e. The van der Waals surface area contributed by atoms with Gasteiger partial charge in [0.15, 0.2) is 5.78 Å². The lowest BCUT2D eigenvalue weighted by Gasteiger charge is -2.09. The molecule has 0 aliphatic rings. The van der Waals surface area contributed by atoms with Crippen LogP contribution in [-0.4, -0.2) is 31.3 Å². The molecule has 0 saturated carbocycles. The third-order valence-corrected chi connectivity index (χ3v) is 4.64. The monoisotopic (exact) mass is 337 g/mol. The van der Waals surface area contributed by atoms with Gasteiger partial charge in [-0.15, -0.1) is 0 Å². The van der Waals surface area contributed by atoms with E-state index >= 15 is 0 Å². The molecule has 0 heterocycles. The maximum absolute atomic E-state index is 12.6. The minimum atomic E-state index is 0.116. The van der Waals surface area contributed by atoms with Gasteiger partial charge >= 0.3 is 0 Å². The van der Waals surface area contributed by atoms with Crippen LogP contribution in [-0.2, 0) is 6.42 Å². The van der Waals surface area contributed by atoms with Crippen LogP contribution >= 0.6 is 0 Å². The van der Waals surface area contributed by atoms with E-state index in [2.05, 4.69) is 31.1 Å². The summed E-state index contributed by atoms with van der Waals surface area (Å²) in [5, 5.41) is 0. The fraction of sp³-hybridized carbons (Fsp3) is 0.435. The minimum absolute atomic E-state index is 0.116. The highest BCUT2D eigenvalue weighted by molar-refractivity contribution is 6.09. The fourth-order valence-electron chi connectivity index (χ4n) is 3.17. The maximum atomic E-state index is 12.6. The molecule has 2 aromatic carbocycles. The average molecular weight is 338 g/mol. The molecule has 0 fully saturated rings. The standard InChI is InChI=1S/C23H31NO/c1-19-18-20(12-8-5-4-6-11-17-24(2)3)15-16-22(19)23(25)21-13-9-7-10-14-21/h7,9-10,13-16,18H,4-6,8,11-12,17H2,1-3H3. The predicted molar refractivity (Wildman–Crippen MR) is 106 cm³/mol. The van der Waals surface area contributed by atoms with Gasteiger partial charge in [-0.25, -0.2) is 0 Å². The molecule has 0 atom stereocenters. The highest BCUT2D eigenvalue weighted by Crippen LogP contribution is 2.18. The summed E-state index contributed by atoms with van der Waals surface area (Å²) in [5.74, 6) is 0.116. The number of carbonyl (C=O) groups is 1. The highest BCUT2D eigenvalue weighted by atomic mass is 16.1. The number of rotatable bonds is 10. The van der Waals surface area contributed by atoms with E-state index in [1.165, 1.54) is 44.2 Å². The van der Waals surface area contributed by atoms with Gasteiger partial charge in [-0.3, -0.25) is 4.79 Å². The molecule has 2 aromatic rings. The Morgan fingerprint density at radius 1 is 0.880 bits per heavy atom. The average Bonchev–Trinajstić information content (AvgIpc) is 2.61. The van der Waals surface area contributed by atoms with Crippen LogP contribution in [0, 0.1) is 6.92 Å². The smallest absolute Gasteiger partial charge is 0.193 e. The molecule has 0 bridgehead atoms. The fourth-order valence-corrected chi connectivity index (χ4v) is 3.17. The van der Waals surface area contributed by atoms with Crippen LogP contribution in [0.2, 0.25) is 0 Å². The molecule has 0 aliphatic heterocycles. The van der Waals surface area contributed by atoms with Crippen molar-refractivity contribution >= 4 is 5.78 Å². The molecule has 2 nitrogen and oxygen atoms in total. The van der Waals surface area contributed by atoms with Gasteiger partial charge in [0.25, 0.3) is 0 Å². The molecule has 0 N–H and O–H groups in total. The summed E-state index contributed by atoms with van der Waals surface area (Å²) in [6.07, 6.45) is 7.56. The molecule has 25 heavy (non-hydrogen) atoms. The SMILES string of the molecule is Cc1cc(CCCCCCCN(C)C)ccc1C(=O)c1ccccc1. The van der Waals surface area contributed by atoms with Crippen molar-refractivity contribution in [1.82, 2.24) is 4.90 Å². The van der Waals surface area contributed by atoms with E-state index in [1.807, 2.05) is 43.3 Å². The number of unbranched alkanes of at least 4 members (excludes halogenated alkanes) is 4. The quantitative estimate of drug-likeness (QED) is 0.434. The van der Waals surface area contributed by atoms with Gasteiger partial charge in [0.2, 0.25) is 0 Å². The third-order valence-electron chi connectivity index (χ3n) is 4.64.